The third-order valence-electron chi connectivity index (χ3n) is 4.62. The molecule has 134 valence electrons. The summed E-state index contributed by atoms with van der Waals surface area (Å²) >= 11 is 0. The number of ether oxygens (including phenoxy) is 1. The van der Waals surface area contributed by atoms with Crippen molar-refractivity contribution in [2.24, 2.45) is 0 Å². The van der Waals surface area contributed by atoms with Crippen LogP contribution in [-0.4, -0.2) is 43.7 Å². The number of benzene rings is 1. The van der Waals surface area contributed by atoms with E-state index < -0.39 is 0 Å². The predicted molar refractivity (Wildman–Crippen MR) is 96.8 cm³/mol. The number of morpholine rings is 1. The average Bonchev–Trinajstić information content (AvgIpc) is 2.94. The molecule has 1 saturated heterocycles. The van der Waals surface area contributed by atoms with Gasteiger partial charge < -0.3 is 14.5 Å². The number of carbonyl (C=O) groups is 1. The molecule has 3 rings (SSSR count). The Balaban J connectivity index is 1.78. The quantitative estimate of drug-likeness (QED) is 0.907. The molecule has 0 saturated carbocycles. The highest BCUT2D eigenvalue weighted by molar-refractivity contribution is 5.95. The SMILES string of the molecule is Cc1ccc([C@@H](CN2CCOCC2)NC(=O)c2cc(C)oc2C)cc1. The van der Waals surface area contributed by atoms with Crippen molar-refractivity contribution in [2.75, 3.05) is 32.8 Å². The zero-order chi connectivity index (χ0) is 17.8. The maximum atomic E-state index is 12.8. The van der Waals surface area contributed by atoms with E-state index in [1.807, 2.05) is 13.8 Å². The van der Waals surface area contributed by atoms with Gasteiger partial charge in [-0.05, 0) is 32.4 Å². The molecule has 0 unspecified atom stereocenters. The fourth-order valence-electron chi connectivity index (χ4n) is 3.17. The van der Waals surface area contributed by atoms with Gasteiger partial charge in [-0.15, -0.1) is 0 Å². The first-order valence-electron chi connectivity index (χ1n) is 8.77. The predicted octanol–water partition coefficient (Wildman–Crippen LogP) is 3.01. The summed E-state index contributed by atoms with van der Waals surface area (Å²) in [7, 11) is 0. The molecule has 1 N–H and O–H groups in total. The lowest BCUT2D eigenvalue weighted by molar-refractivity contribution is 0.0332. The number of amides is 1. The van der Waals surface area contributed by atoms with Gasteiger partial charge in [-0.3, -0.25) is 9.69 Å². The van der Waals surface area contributed by atoms with E-state index in [2.05, 4.69) is 41.4 Å². The van der Waals surface area contributed by atoms with Gasteiger partial charge in [-0.1, -0.05) is 29.8 Å². The monoisotopic (exact) mass is 342 g/mol. The molecule has 1 fully saturated rings. The molecule has 1 aliphatic rings. The second-order valence-electron chi connectivity index (χ2n) is 6.68. The van der Waals surface area contributed by atoms with Crippen LogP contribution in [0.4, 0.5) is 0 Å². The summed E-state index contributed by atoms with van der Waals surface area (Å²) in [5, 5.41) is 3.19. The van der Waals surface area contributed by atoms with Crippen LogP contribution in [-0.2, 0) is 4.74 Å². The molecule has 2 heterocycles. The van der Waals surface area contributed by atoms with Crippen LogP contribution in [0.5, 0.6) is 0 Å². The standard InChI is InChI=1S/C20H26N2O3/c1-14-4-6-17(7-5-14)19(13-22-8-10-24-11-9-22)21-20(23)18-12-15(2)25-16(18)3/h4-7,12,19H,8-11,13H2,1-3H3,(H,21,23)/t19-/m1/s1. The van der Waals surface area contributed by atoms with Crippen molar-refractivity contribution in [1.29, 1.82) is 0 Å². The summed E-state index contributed by atoms with van der Waals surface area (Å²) in [6.45, 7) is 9.79. The highest BCUT2D eigenvalue weighted by Crippen LogP contribution is 2.19. The molecule has 5 nitrogen and oxygen atoms in total. The third kappa shape index (κ3) is 4.50. The van der Waals surface area contributed by atoms with Crippen LogP contribution in [0.1, 0.15) is 39.0 Å². The van der Waals surface area contributed by atoms with E-state index in [0.717, 1.165) is 44.2 Å². The fraction of sp³-hybridized carbons (Fsp3) is 0.450. The van der Waals surface area contributed by atoms with Gasteiger partial charge in [0.2, 0.25) is 0 Å². The van der Waals surface area contributed by atoms with Gasteiger partial charge in [0, 0.05) is 19.6 Å². The van der Waals surface area contributed by atoms with Crippen LogP contribution in [0.25, 0.3) is 0 Å². The molecule has 0 bridgehead atoms. The number of nitrogens with one attached hydrogen (secondary N) is 1. The number of rotatable bonds is 5. The maximum Gasteiger partial charge on any atom is 0.255 e. The van der Waals surface area contributed by atoms with Crippen molar-refractivity contribution in [3.8, 4) is 0 Å². The third-order valence-corrected chi connectivity index (χ3v) is 4.62. The van der Waals surface area contributed by atoms with E-state index >= 15 is 0 Å². The van der Waals surface area contributed by atoms with Crippen LogP contribution in [0.3, 0.4) is 0 Å². The second-order valence-corrected chi connectivity index (χ2v) is 6.68. The van der Waals surface area contributed by atoms with E-state index in [4.69, 9.17) is 9.15 Å². The van der Waals surface area contributed by atoms with E-state index in [0.29, 0.717) is 11.3 Å². The molecular formula is C20H26N2O3. The van der Waals surface area contributed by atoms with Crippen LogP contribution in [0.15, 0.2) is 34.7 Å². The molecule has 0 radical (unpaired) electrons. The second kappa shape index (κ2) is 7.85. The summed E-state index contributed by atoms with van der Waals surface area (Å²) in [5.41, 5.74) is 2.93. The topological polar surface area (TPSA) is 54.7 Å². The van der Waals surface area contributed by atoms with Crippen molar-refractivity contribution < 1.29 is 13.9 Å². The molecule has 2 aromatic rings. The lowest BCUT2D eigenvalue weighted by atomic mass is 10.0. The summed E-state index contributed by atoms with van der Waals surface area (Å²) in [4.78, 5) is 15.1. The Kier molecular flexibility index (Phi) is 5.56. The summed E-state index contributed by atoms with van der Waals surface area (Å²) in [6.07, 6.45) is 0. The Bertz CT molecular complexity index is 715. The van der Waals surface area contributed by atoms with Gasteiger partial charge in [0.15, 0.2) is 0 Å². The van der Waals surface area contributed by atoms with E-state index in [1.54, 1.807) is 6.07 Å². The van der Waals surface area contributed by atoms with Gasteiger partial charge in [0.1, 0.15) is 11.5 Å². The van der Waals surface area contributed by atoms with E-state index in [1.165, 1.54) is 5.56 Å². The molecule has 1 aromatic heterocycles. The van der Waals surface area contributed by atoms with Gasteiger partial charge in [-0.25, -0.2) is 0 Å². The molecule has 1 amide bonds. The minimum absolute atomic E-state index is 0.0687. The Hall–Kier alpha value is -2.11. The van der Waals surface area contributed by atoms with Crippen molar-refractivity contribution in [2.45, 2.75) is 26.8 Å². The van der Waals surface area contributed by atoms with Gasteiger partial charge in [0.25, 0.3) is 5.91 Å². The number of carbonyl (C=O) groups excluding carboxylic acids is 1. The minimum Gasteiger partial charge on any atom is -0.466 e. The number of furan rings is 1. The van der Waals surface area contributed by atoms with E-state index in [-0.39, 0.29) is 11.9 Å². The van der Waals surface area contributed by atoms with Crippen molar-refractivity contribution >= 4 is 5.91 Å². The molecule has 1 aliphatic heterocycles. The summed E-state index contributed by atoms with van der Waals surface area (Å²) in [6, 6.07) is 10.1. The lowest BCUT2D eigenvalue weighted by Gasteiger charge is -2.31. The first kappa shape index (κ1) is 17.7. The Morgan fingerprint density at radius 1 is 1.16 bits per heavy atom. The number of hydrogen-bond acceptors (Lipinski definition) is 4. The first-order chi connectivity index (χ1) is 12.0. The van der Waals surface area contributed by atoms with Crippen LogP contribution in [0, 0.1) is 20.8 Å². The molecule has 25 heavy (non-hydrogen) atoms. The molecule has 5 heteroatoms. The van der Waals surface area contributed by atoms with Crippen LogP contribution >= 0.6 is 0 Å². The zero-order valence-electron chi connectivity index (χ0n) is 15.2. The first-order valence-corrected chi connectivity index (χ1v) is 8.77. The molecule has 0 spiro atoms. The summed E-state index contributed by atoms with van der Waals surface area (Å²) in [5.74, 6) is 1.32. The van der Waals surface area contributed by atoms with E-state index in [9.17, 15) is 4.79 Å². The van der Waals surface area contributed by atoms with Gasteiger partial charge in [-0.2, -0.15) is 0 Å². The molecular weight excluding hydrogens is 316 g/mol. The largest absolute Gasteiger partial charge is 0.466 e. The van der Waals surface area contributed by atoms with Gasteiger partial charge in [0.05, 0.1) is 24.8 Å². The number of nitrogens with zero attached hydrogens (tertiary/aromatic N) is 1. The average molecular weight is 342 g/mol. The van der Waals surface area contributed by atoms with Crippen molar-refractivity contribution in [3.63, 3.8) is 0 Å². The highest BCUT2D eigenvalue weighted by Gasteiger charge is 2.22. The van der Waals surface area contributed by atoms with Crippen molar-refractivity contribution in [3.05, 3.63) is 58.5 Å². The summed E-state index contributed by atoms with van der Waals surface area (Å²) < 4.78 is 10.9. The van der Waals surface area contributed by atoms with Gasteiger partial charge >= 0.3 is 0 Å². The molecule has 1 aromatic carbocycles. The normalized spacial score (nSPS) is 16.6. The highest BCUT2D eigenvalue weighted by atomic mass is 16.5. The Morgan fingerprint density at radius 2 is 1.84 bits per heavy atom. The Morgan fingerprint density at radius 3 is 2.44 bits per heavy atom. The lowest BCUT2D eigenvalue weighted by Crippen LogP contribution is -2.43. The number of hydrogen-bond donors (Lipinski definition) is 1. The van der Waals surface area contributed by atoms with Crippen LogP contribution < -0.4 is 5.32 Å². The molecule has 0 aliphatic carbocycles. The van der Waals surface area contributed by atoms with Crippen molar-refractivity contribution in [1.82, 2.24) is 10.2 Å². The van der Waals surface area contributed by atoms with Crippen LogP contribution in [0.2, 0.25) is 0 Å². The maximum absolute atomic E-state index is 12.8. The zero-order valence-corrected chi connectivity index (χ0v) is 15.2. The fourth-order valence-corrected chi connectivity index (χ4v) is 3.17. The molecule has 1 atom stereocenters. The minimum atomic E-state index is -0.0896. The number of aryl methyl sites for hydroxylation is 3. The smallest absolute Gasteiger partial charge is 0.255 e. The Labute approximate surface area is 149 Å².